The first-order chi connectivity index (χ1) is 10.7. The molecule has 0 aromatic heterocycles. The van der Waals surface area contributed by atoms with Crippen molar-refractivity contribution in [2.24, 2.45) is 10.7 Å². The van der Waals surface area contributed by atoms with Crippen LogP contribution in [-0.4, -0.2) is 18.9 Å². The Hall–Kier alpha value is -2.62. The van der Waals surface area contributed by atoms with E-state index in [1.54, 1.807) is 19.1 Å². The summed E-state index contributed by atoms with van der Waals surface area (Å²) < 4.78 is 4.99. The molecule has 2 aromatic rings. The summed E-state index contributed by atoms with van der Waals surface area (Å²) in [6, 6.07) is 13.4. The molecule has 0 aliphatic heterocycles. The molecule has 0 unspecified atom stereocenters. The lowest BCUT2D eigenvalue weighted by molar-refractivity contribution is 0.0526. The minimum atomic E-state index is -0.309. The highest BCUT2D eigenvalue weighted by molar-refractivity contribution is 5.90. The van der Waals surface area contributed by atoms with Crippen molar-refractivity contribution in [1.29, 1.82) is 0 Å². The Bertz CT molecular complexity index is 676. The number of aliphatic imine (C=N–C) groups is 1. The number of nitrogens with two attached hydrogens (primary N) is 1. The molecule has 0 aliphatic rings. The van der Waals surface area contributed by atoms with Crippen molar-refractivity contribution in [3.63, 3.8) is 0 Å². The fourth-order valence-electron chi connectivity index (χ4n) is 2.23. The Morgan fingerprint density at radius 1 is 1.18 bits per heavy atom. The summed E-state index contributed by atoms with van der Waals surface area (Å²) in [6.07, 6.45) is 2.23. The Balaban J connectivity index is 2.40. The van der Waals surface area contributed by atoms with Crippen molar-refractivity contribution in [3.8, 4) is 11.1 Å². The summed E-state index contributed by atoms with van der Waals surface area (Å²) in [5, 5.41) is 0. The number of hydrogen-bond acceptors (Lipinski definition) is 3. The van der Waals surface area contributed by atoms with Crippen LogP contribution >= 0.6 is 0 Å². The van der Waals surface area contributed by atoms with E-state index in [1.165, 1.54) is 11.9 Å². The second-order valence-electron chi connectivity index (χ2n) is 4.78. The van der Waals surface area contributed by atoms with E-state index in [9.17, 15) is 4.79 Å². The first-order valence-electron chi connectivity index (χ1n) is 7.34. The lowest BCUT2D eigenvalue weighted by Gasteiger charge is -2.09. The predicted molar refractivity (Wildman–Crippen MR) is 89.6 cm³/mol. The van der Waals surface area contributed by atoms with Gasteiger partial charge in [0.1, 0.15) is 0 Å². The van der Waals surface area contributed by atoms with Gasteiger partial charge in [0, 0.05) is 5.56 Å². The van der Waals surface area contributed by atoms with Gasteiger partial charge in [0.2, 0.25) is 0 Å². The molecule has 22 heavy (non-hydrogen) atoms. The van der Waals surface area contributed by atoms with Crippen LogP contribution in [0.25, 0.3) is 11.1 Å². The molecule has 0 saturated heterocycles. The fourth-order valence-corrected chi connectivity index (χ4v) is 2.23. The summed E-state index contributed by atoms with van der Waals surface area (Å²) in [7, 11) is 0. The molecule has 0 saturated carbocycles. The standard InChI is InChI=1S/C18H20N2O2/c1-3-13-5-10-17(20-12-19)16(11-13)14-6-8-15(9-7-14)18(21)22-4-2/h5-12H,3-4H2,1-2H3,(H2,19,20). The number of nitrogens with zero attached hydrogens (tertiary/aromatic N) is 1. The number of carbonyl (C=O) groups excluding carboxylic acids is 1. The zero-order valence-corrected chi connectivity index (χ0v) is 12.9. The van der Waals surface area contributed by atoms with E-state index < -0.39 is 0 Å². The summed E-state index contributed by atoms with van der Waals surface area (Å²) in [5.41, 5.74) is 9.98. The second kappa shape index (κ2) is 7.41. The molecule has 0 bridgehead atoms. The maximum atomic E-state index is 11.7. The van der Waals surface area contributed by atoms with Crippen LogP contribution in [0.15, 0.2) is 47.5 Å². The smallest absolute Gasteiger partial charge is 0.338 e. The molecule has 4 nitrogen and oxygen atoms in total. The van der Waals surface area contributed by atoms with Gasteiger partial charge < -0.3 is 10.5 Å². The van der Waals surface area contributed by atoms with E-state index in [0.29, 0.717) is 12.2 Å². The van der Waals surface area contributed by atoms with E-state index in [2.05, 4.69) is 18.0 Å². The quantitative estimate of drug-likeness (QED) is 0.519. The van der Waals surface area contributed by atoms with E-state index in [1.807, 2.05) is 24.3 Å². The summed E-state index contributed by atoms with van der Waals surface area (Å²) in [5.74, 6) is -0.309. The van der Waals surface area contributed by atoms with Gasteiger partial charge in [0.25, 0.3) is 0 Å². The Morgan fingerprint density at radius 2 is 1.91 bits per heavy atom. The number of aryl methyl sites for hydroxylation is 1. The Morgan fingerprint density at radius 3 is 2.50 bits per heavy atom. The minimum absolute atomic E-state index is 0.309. The summed E-state index contributed by atoms with van der Waals surface area (Å²) in [4.78, 5) is 15.9. The monoisotopic (exact) mass is 296 g/mol. The first kappa shape index (κ1) is 15.8. The largest absolute Gasteiger partial charge is 0.462 e. The van der Waals surface area contributed by atoms with Crippen LogP contribution in [0.4, 0.5) is 5.69 Å². The topological polar surface area (TPSA) is 64.7 Å². The average molecular weight is 296 g/mol. The zero-order chi connectivity index (χ0) is 15.9. The van der Waals surface area contributed by atoms with E-state index >= 15 is 0 Å². The van der Waals surface area contributed by atoms with E-state index in [-0.39, 0.29) is 5.97 Å². The van der Waals surface area contributed by atoms with Gasteiger partial charge in [-0.1, -0.05) is 25.1 Å². The third-order valence-corrected chi connectivity index (χ3v) is 3.39. The van der Waals surface area contributed by atoms with Gasteiger partial charge in [0.05, 0.1) is 24.2 Å². The zero-order valence-electron chi connectivity index (χ0n) is 12.9. The van der Waals surface area contributed by atoms with Gasteiger partial charge in [-0.15, -0.1) is 0 Å². The predicted octanol–water partition coefficient (Wildman–Crippen LogP) is 3.71. The summed E-state index contributed by atoms with van der Waals surface area (Å²) in [6.45, 7) is 4.27. The Kier molecular flexibility index (Phi) is 5.31. The molecule has 0 radical (unpaired) electrons. The number of ether oxygens (including phenoxy) is 1. The van der Waals surface area contributed by atoms with Crippen LogP contribution in [0.5, 0.6) is 0 Å². The molecule has 2 rings (SSSR count). The molecule has 114 valence electrons. The molecule has 2 aromatic carbocycles. The van der Waals surface area contributed by atoms with Crippen LogP contribution in [0.3, 0.4) is 0 Å². The van der Waals surface area contributed by atoms with Gasteiger partial charge in [-0.25, -0.2) is 9.79 Å². The maximum Gasteiger partial charge on any atom is 0.338 e. The third-order valence-electron chi connectivity index (χ3n) is 3.39. The third kappa shape index (κ3) is 3.52. The van der Waals surface area contributed by atoms with Crippen molar-refractivity contribution in [3.05, 3.63) is 53.6 Å². The van der Waals surface area contributed by atoms with Crippen LogP contribution in [0.2, 0.25) is 0 Å². The molecule has 0 amide bonds. The lowest BCUT2D eigenvalue weighted by atomic mass is 9.99. The highest BCUT2D eigenvalue weighted by Gasteiger charge is 2.09. The molecular weight excluding hydrogens is 276 g/mol. The van der Waals surface area contributed by atoms with Crippen molar-refractivity contribution < 1.29 is 9.53 Å². The number of esters is 1. The highest BCUT2D eigenvalue weighted by Crippen LogP contribution is 2.31. The van der Waals surface area contributed by atoms with Crippen LogP contribution in [0, 0.1) is 0 Å². The number of benzene rings is 2. The van der Waals surface area contributed by atoms with Crippen molar-refractivity contribution >= 4 is 18.0 Å². The van der Waals surface area contributed by atoms with E-state index in [0.717, 1.165) is 23.2 Å². The first-order valence-corrected chi connectivity index (χ1v) is 7.34. The van der Waals surface area contributed by atoms with E-state index in [4.69, 9.17) is 10.5 Å². The van der Waals surface area contributed by atoms with Gasteiger partial charge >= 0.3 is 5.97 Å². The van der Waals surface area contributed by atoms with Crippen LogP contribution in [-0.2, 0) is 11.2 Å². The van der Waals surface area contributed by atoms with Crippen LogP contribution < -0.4 is 5.73 Å². The van der Waals surface area contributed by atoms with Crippen LogP contribution in [0.1, 0.15) is 29.8 Å². The van der Waals surface area contributed by atoms with Gasteiger partial charge in [-0.2, -0.15) is 0 Å². The molecule has 2 N–H and O–H groups in total. The van der Waals surface area contributed by atoms with Gasteiger partial charge in [-0.05, 0) is 48.7 Å². The molecular formula is C18H20N2O2. The normalized spacial score (nSPS) is 10.8. The molecule has 0 fully saturated rings. The number of hydrogen-bond donors (Lipinski definition) is 1. The second-order valence-corrected chi connectivity index (χ2v) is 4.78. The van der Waals surface area contributed by atoms with Gasteiger partial charge in [0.15, 0.2) is 0 Å². The molecule has 0 atom stereocenters. The highest BCUT2D eigenvalue weighted by atomic mass is 16.5. The molecule has 0 aliphatic carbocycles. The SMILES string of the molecule is CCOC(=O)c1ccc(-c2cc(CC)ccc2N=CN)cc1. The maximum absolute atomic E-state index is 11.7. The molecule has 0 heterocycles. The van der Waals surface area contributed by atoms with Gasteiger partial charge in [-0.3, -0.25) is 0 Å². The number of carbonyl (C=O) groups is 1. The molecule has 0 spiro atoms. The minimum Gasteiger partial charge on any atom is -0.462 e. The molecule has 4 heteroatoms. The summed E-state index contributed by atoms with van der Waals surface area (Å²) >= 11 is 0. The van der Waals surface area contributed by atoms with Crippen molar-refractivity contribution in [2.75, 3.05) is 6.61 Å². The Labute approximate surface area is 130 Å². The van der Waals surface area contributed by atoms with Crippen molar-refractivity contribution in [2.45, 2.75) is 20.3 Å². The lowest BCUT2D eigenvalue weighted by Crippen LogP contribution is -2.04. The fraction of sp³-hybridized carbons (Fsp3) is 0.222. The number of rotatable bonds is 5. The van der Waals surface area contributed by atoms with Crippen molar-refractivity contribution in [1.82, 2.24) is 0 Å². The average Bonchev–Trinajstić information content (AvgIpc) is 2.56.